The highest BCUT2D eigenvalue weighted by molar-refractivity contribution is 7.80. The molecule has 0 amide bonds. The molecule has 1 aliphatic carbocycles. The van der Waals surface area contributed by atoms with Gasteiger partial charge in [-0.15, -0.1) is 0 Å². The molecule has 1 unspecified atom stereocenters. The number of thiocarbonyl (C=S) groups is 1. The van der Waals surface area contributed by atoms with Crippen molar-refractivity contribution < 1.29 is 18.4 Å². The van der Waals surface area contributed by atoms with Crippen LogP contribution in [0.25, 0.3) is 0 Å². The highest BCUT2D eigenvalue weighted by Gasteiger charge is 2.25. The smallest absolute Gasteiger partial charge is 0.343 e. The molecule has 2 N–H and O–H groups in total. The molecule has 0 saturated heterocycles. The van der Waals surface area contributed by atoms with E-state index in [2.05, 4.69) is 15.8 Å². The van der Waals surface area contributed by atoms with Gasteiger partial charge in [0, 0.05) is 0 Å². The van der Waals surface area contributed by atoms with Crippen molar-refractivity contribution in [1.82, 2.24) is 15.8 Å². The van der Waals surface area contributed by atoms with Crippen LogP contribution in [0.3, 0.4) is 0 Å². The van der Waals surface area contributed by atoms with E-state index in [1.807, 2.05) is 6.07 Å². The highest BCUT2D eigenvalue weighted by Crippen LogP contribution is 2.32. The average Bonchev–Trinajstić information content (AvgIpc) is 3.16. The number of nitrogens with zero attached hydrogens (tertiary/aromatic N) is 1. The number of carbonyl (C=O) groups excluding carboxylic acids is 1. The molecule has 0 spiro atoms. The molecule has 0 radical (unpaired) electrons. The number of aryl methyl sites for hydroxylation is 2. The first kappa shape index (κ1) is 18.3. The quantitative estimate of drug-likeness (QED) is 0.471. The molecular formula is C18H20FN3O3S. The second-order valence-corrected chi connectivity index (χ2v) is 6.54. The summed E-state index contributed by atoms with van der Waals surface area (Å²) in [5, 5.41) is 10.4. The fraction of sp³-hybridized carbons (Fsp3) is 0.389. The summed E-state index contributed by atoms with van der Waals surface area (Å²) in [6, 6.07) is 5.09. The maximum absolute atomic E-state index is 13.8. The number of nitrogens with one attached hydrogen (secondary N) is 2. The first-order chi connectivity index (χ1) is 12.5. The summed E-state index contributed by atoms with van der Waals surface area (Å²) >= 11 is 5.27. The van der Waals surface area contributed by atoms with Gasteiger partial charge in [-0.25, -0.2) is 9.18 Å². The minimum Gasteiger partial charge on any atom is -0.460 e. The van der Waals surface area contributed by atoms with Gasteiger partial charge in [0.1, 0.15) is 23.7 Å². The van der Waals surface area contributed by atoms with E-state index in [0.717, 1.165) is 17.5 Å². The molecule has 0 fully saturated rings. The first-order valence-corrected chi connectivity index (χ1v) is 8.80. The SMILES string of the molecule is Cc1noc(C)c1C(=O)OCCNC(=S)NC1CCc2c(F)cccc21. The van der Waals surface area contributed by atoms with Crippen LogP contribution in [-0.2, 0) is 11.2 Å². The van der Waals surface area contributed by atoms with Crippen LogP contribution in [-0.4, -0.2) is 29.4 Å². The Morgan fingerprint density at radius 1 is 1.46 bits per heavy atom. The molecule has 1 atom stereocenters. The molecule has 0 saturated carbocycles. The van der Waals surface area contributed by atoms with E-state index >= 15 is 0 Å². The van der Waals surface area contributed by atoms with Crippen molar-refractivity contribution >= 4 is 23.3 Å². The maximum atomic E-state index is 13.8. The van der Waals surface area contributed by atoms with Crippen molar-refractivity contribution in [3.05, 3.63) is 52.2 Å². The third-order valence-electron chi connectivity index (χ3n) is 4.38. The molecule has 1 aromatic carbocycles. The molecule has 1 heterocycles. The number of hydrogen-bond donors (Lipinski definition) is 2. The van der Waals surface area contributed by atoms with Crippen LogP contribution in [0.1, 0.15) is 45.4 Å². The van der Waals surface area contributed by atoms with E-state index in [1.54, 1.807) is 19.9 Å². The summed E-state index contributed by atoms with van der Waals surface area (Å²) in [7, 11) is 0. The zero-order chi connectivity index (χ0) is 18.7. The molecule has 2 aromatic rings. The molecule has 1 aromatic heterocycles. The van der Waals surface area contributed by atoms with Gasteiger partial charge in [0.2, 0.25) is 0 Å². The summed E-state index contributed by atoms with van der Waals surface area (Å²) in [6.07, 6.45) is 1.48. The number of esters is 1. The van der Waals surface area contributed by atoms with E-state index < -0.39 is 5.97 Å². The minimum atomic E-state index is -0.470. The molecule has 0 bridgehead atoms. The first-order valence-electron chi connectivity index (χ1n) is 8.39. The summed E-state index contributed by atoms with van der Waals surface area (Å²) in [5.41, 5.74) is 2.56. The Labute approximate surface area is 156 Å². The van der Waals surface area contributed by atoms with E-state index in [-0.39, 0.29) is 18.5 Å². The predicted octanol–water partition coefficient (Wildman–Crippen LogP) is 2.74. The maximum Gasteiger partial charge on any atom is 0.343 e. The molecule has 3 rings (SSSR count). The van der Waals surface area contributed by atoms with Gasteiger partial charge in [-0.2, -0.15) is 0 Å². The Balaban J connectivity index is 1.43. The lowest BCUT2D eigenvalue weighted by Gasteiger charge is -2.17. The number of hydrogen-bond acceptors (Lipinski definition) is 5. The molecule has 138 valence electrons. The van der Waals surface area contributed by atoms with Crippen molar-refractivity contribution in [2.24, 2.45) is 0 Å². The van der Waals surface area contributed by atoms with E-state index in [0.29, 0.717) is 35.1 Å². The average molecular weight is 377 g/mol. The monoisotopic (exact) mass is 377 g/mol. The topological polar surface area (TPSA) is 76.4 Å². The molecule has 6 nitrogen and oxygen atoms in total. The van der Waals surface area contributed by atoms with Crippen LogP contribution in [0.15, 0.2) is 22.7 Å². The van der Waals surface area contributed by atoms with Gasteiger partial charge in [-0.3, -0.25) is 0 Å². The van der Waals surface area contributed by atoms with Crippen LogP contribution in [0.2, 0.25) is 0 Å². The molecular weight excluding hydrogens is 357 g/mol. The standard InChI is InChI=1S/C18H20FN3O3S/c1-10-16(11(2)25-22-10)17(23)24-9-8-20-18(26)21-15-7-6-12-13(15)4-3-5-14(12)19/h3-5,15H,6-9H2,1-2H3,(H2,20,21,26). The van der Waals surface area contributed by atoms with Crippen LogP contribution in [0.4, 0.5) is 4.39 Å². The Bertz CT molecular complexity index is 818. The molecule has 8 heteroatoms. The summed E-state index contributed by atoms with van der Waals surface area (Å²) < 4.78 is 23.9. The van der Waals surface area contributed by atoms with Gasteiger partial charge in [-0.1, -0.05) is 17.3 Å². The Hall–Kier alpha value is -2.48. The number of benzene rings is 1. The van der Waals surface area contributed by atoms with Gasteiger partial charge in [0.05, 0.1) is 18.3 Å². The number of halogens is 1. The summed E-state index contributed by atoms with van der Waals surface area (Å²) in [5.74, 6) is -0.205. The lowest BCUT2D eigenvalue weighted by Crippen LogP contribution is -2.38. The van der Waals surface area contributed by atoms with Crippen molar-refractivity contribution in [2.45, 2.75) is 32.7 Å². The van der Waals surface area contributed by atoms with Crippen LogP contribution >= 0.6 is 12.2 Å². The number of carbonyl (C=O) groups is 1. The fourth-order valence-corrected chi connectivity index (χ4v) is 3.37. The second-order valence-electron chi connectivity index (χ2n) is 6.13. The van der Waals surface area contributed by atoms with Gasteiger partial charge in [0.25, 0.3) is 0 Å². The lowest BCUT2D eigenvalue weighted by molar-refractivity contribution is 0.0510. The summed E-state index contributed by atoms with van der Waals surface area (Å²) in [4.78, 5) is 12.0. The van der Waals surface area contributed by atoms with Crippen LogP contribution in [0.5, 0.6) is 0 Å². The lowest BCUT2D eigenvalue weighted by atomic mass is 10.1. The Kier molecular flexibility index (Phi) is 5.51. The van der Waals surface area contributed by atoms with E-state index in [9.17, 15) is 9.18 Å². The van der Waals surface area contributed by atoms with Gasteiger partial charge in [-0.05, 0) is 56.1 Å². The third kappa shape index (κ3) is 3.85. The zero-order valence-electron chi connectivity index (χ0n) is 14.6. The molecule has 0 aliphatic heterocycles. The molecule has 26 heavy (non-hydrogen) atoms. The fourth-order valence-electron chi connectivity index (χ4n) is 3.12. The number of aromatic nitrogens is 1. The highest BCUT2D eigenvalue weighted by atomic mass is 32.1. The predicted molar refractivity (Wildman–Crippen MR) is 97.5 cm³/mol. The summed E-state index contributed by atoms with van der Waals surface area (Å²) in [6.45, 7) is 3.87. The Morgan fingerprint density at radius 3 is 3.00 bits per heavy atom. The second kappa shape index (κ2) is 7.82. The minimum absolute atomic E-state index is 0.00875. The number of rotatable bonds is 5. The van der Waals surface area contributed by atoms with Crippen LogP contribution in [0, 0.1) is 19.7 Å². The third-order valence-corrected chi connectivity index (χ3v) is 4.64. The van der Waals surface area contributed by atoms with Crippen molar-refractivity contribution in [3.63, 3.8) is 0 Å². The van der Waals surface area contributed by atoms with Crippen molar-refractivity contribution in [3.8, 4) is 0 Å². The van der Waals surface area contributed by atoms with Crippen molar-refractivity contribution in [2.75, 3.05) is 13.2 Å². The Morgan fingerprint density at radius 2 is 2.27 bits per heavy atom. The largest absolute Gasteiger partial charge is 0.460 e. The zero-order valence-corrected chi connectivity index (χ0v) is 15.4. The van der Waals surface area contributed by atoms with E-state index in [1.165, 1.54) is 6.07 Å². The van der Waals surface area contributed by atoms with Gasteiger partial charge < -0.3 is 19.9 Å². The van der Waals surface area contributed by atoms with Gasteiger partial charge in [0.15, 0.2) is 5.11 Å². The van der Waals surface area contributed by atoms with E-state index in [4.69, 9.17) is 21.5 Å². The number of ether oxygens (including phenoxy) is 1. The number of fused-ring (bicyclic) bond motifs is 1. The molecule has 1 aliphatic rings. The van der Waals surface area contributed by atoms with Crippen LogP contribution < -0.4 is 10.6 Å². The van der Waals surface area contributed by atoms with Crippen molar-refractivity contribution in [1.29, 1.82) is 0 Å². The normalized spacial score (nSPS) is 15.4. The van der Waals surface area contributed by atoms with Gasteiger partial charge >= 0.3 is 5.97 Å².